The normalized spacial score (nSPS) is 11.8. The zero-order valence-corrected chi connectivity index (χ0v) is 13.1. The monoisotopic (exact) mass is 385 g/mol. The molecule has 138 valence electrons. The molecule has 0 aliphatic rings. The number of nitrogens with zero attached hydrogens (tertiary/aromatic N) is 2. The maximum Gasteiger partial charge on any atom is 0.471 e. The first-order valence-corrected chi connectivity index (χ1v) is 7.60. The molecular weight excluding hydrogens is 375 g/mol. The lowest BCUT2D eigenvalue weighted by Crippen LogP contribution is -2.38. The van der Waals surface area contributed by atoms with E-state index in [1.54, 1.807) is 4.72 Å². The van der Waals surface area contributed by atoms with Gasteiger partial charge in [-0.3, -0.25) is 19.7 Å². The van der Waals surface area contributed by atoms with Gasteiger partial charge in [0.25, 0.3) is 5.69 Å². The molecule has 0 saturated heterocycles. The molecule has 0 aliphatic heterocycles. The number of carboxylic acids is 1. The molecule has 1 aromatic rings. The van der Waals surface area contributed by atoms with Crippen LogP contribution in [0.4, 0.5) is 24.5 Å². The second-order valence-corrected chi connectivity index (χ2v) is 6.25. The summed E-state index contributed by atoms with van der Waals surface area (Å²) in [6.07, 6.45) is -5.30. The summed E-state index contributed by atoms with van der Waals surface area (Å²) in [5.41, 5.74) is -1.87. The highest BCUT2D eigenvalue weighted by molar-refractivity contribution is 7.89. The van der Waals surface area contributed by atoms with Crippen molar-refractivity contribution < 1.29 is 41.2 Å². The minimum atomic E-state index is -5.30. The van der Waals surface area contributed by atoms with E-state index in [1.807, 2.05) is 0 Å². The molecule has 0 atom stereocenters. The highest BCUT2D eigenvalue weighted by Crippen LogP contribution is 2.32. The molecule has 0 aliphatic carbocycles. The molecule has 14 heteroatoms. The Bertz CT molecular complexity index is 823. The van der Waals surface area contributed by atoms with Crippen LogP contribution in [0.5, 0.6) is 0 Å². The van der Waals surface area contributed by atoms with Crippen LogP contribution in [0, 0.1) is 10.1 Å². The van der Waals surface area contributed by atoms with Crippen LogP contribution < -0.4 is 9.62 Å². The summed E-state index contributed by atoms with van der Waals surface area (Å²) in [5, 5.41) is 19.5. The zero-order chi connectivity index (χ0) is 19.6. The van der Waals surface area contributed by atoms with Crippen molar-refractivity contribution in [2.24, 2.45) is 0 Å². The van der Waals surface area contributed by atoms with E-state index in [9.17, 15) is 41.3 Å². The maximum atomic E-state index is 12.4. The summed E-state index contributed by atoms with van der Waals surface area (Å²) >= 11 is 0. The number of hydrogen-bond acceptors (Lipinski definition) is 6. The predicted octanol–water partition coefficient (Wildman–Crippen LogP) is 0.483. The van der Waals surface area contributed by atoms with Crippen LogP contribution >= 0.6 is 0 Å². The van der Waals surface area contributed by atoms with E-state index in [4.69, 9.17) is 5.11 Å². The standard InChI is InChI=1S/C11H10F3N3O7S/c1-16(10(20)11(12,13)14)7-3-2-6(4-8(7)17(21)22)25(23,24)15-5-9(18)19/h2-4,15H,5H2,1H3,(H,18,19). The quantitative estimate of drug-likeness (QED) is 0.535. The molecule has 25 heavy (non-hydrogen) atoms. The van der Waals surface area contributed by atoms with E-state index in [0.717, 1.165) is 0 Å². The molecule has 1 rings (SSSR count). The molecule has 0 fully saturated rings. The van der Waals surface area contributed by atoms with E-state index < -0.39 is 55.8 Å². The number of rotatable bonds is 6. The molecule has 0 bridgehead atoms. The van der Waals surface area contributed by atoms with Crippen LogP contribution in [0.3, 0.4) is 0 Å². The predicted molar refractivity (Wildman–Crippen MR) is 75.4 cm³/mol. The first-order chi connectivity index (χ1) is 11.3. The third kappa shape index (κ3) is 4.87. The number of amides is 1. The summed E-state index contributed by atoms with van der Waals surface area (Å²) in [7, 11) is -3.83. The number of nitrogens with one attached hydrogen (secondary N) is 1. The Balaban J connectivity index is 3.36. The number of nitro benzene ring substituents is 1. The third-order valence-corrected chi connectivity index (χ3v) is 4.17. The summed E-state index contributed by atoms with van der Waals surface area (Å²) in [6.45, 7) is -1.01. The van der Waals surface area contributed by atoms with Gasteiger partial charge in [-0.05, 0) is 12.1 Å². The van der Waals surface area contributed by atoms with Gasteiger partial charge >= 0.3 is 18.1 Å². The number of sulfonamides is 1. The molecular formula is C11H10F3N3O7S. The SMILES string of the molecule is CN(C(=O)C(F)(F)F)c1ccc(S(=O)(=O)NCC(=O)O)cc1[N+](=O)[O-]. The van der Waals surface area contributed by atoms with Gasteiger partial charge < -0.3 is 10.0 Å². The van der Waals surface area contributed by atoms with Gasteiger partial charge in [0.1, 0.15) is 12.2 Å². The molecule has 0 radical (unpaired) electrons. The Morgan fingerprint density at radius 1 is 1.36 bits per heavy atom. The Kier molecular flexibility index (Phi) is 5.70. The molecule has 2 N–H and O–H groups in total. The lowest BCUT2D eigenvalue weighted by atomic mass is 10.2. The fourth-order valence-corrected chi connectivity index (χ4v) is 2.63. The van der Waals surface area contributed by atoms with Crippen LogP contribution in [-0.2, 0) is 19.6 Å². The fraction of sp³-hybridized carbons (Fsp3) is 0.273. The number of nitro groups is 1. The van der Waals surface area contributed by atoms with Crippen molar-refractivity contribution in [3.05, 3.63) is 28.3 Å². The first kappa shape index (κ1) is 20.3. The van der Waals surface area contributed by atoms with E-state index in [1.165, 1.54) is 0 Å². The topological polar surface area (TPSA) is 147 Å². The van der Waals surface area contributed by atoms with Crippen LogP contribution in [0.1, 0.15) is 0 Å². The van der Waals surface area contributed by atoms with E-state index >= 15 is 0 Å². The number of carboxylic acid groups (broad SMARTS) is 1. The Morgan fingerprint density at radius 3 is 2.36 bits per heavy atom. The van der Waals surface area contributed by atoms with Crippen molar-refractivity contribution in [1.82, 2.24) is 4.72 Å². The zero-order valence-electron chi connectivity index (χ0n) is 12.3. The average Bonchev–Trinajstić information content (AvgIpc) is 2.50. The van der Waals surface area contributed by atoms with Crippen molar-refractivity contribution in [2.45, 2.75) is 11.1 Å². The highest BCUT2D eigenvalue weighted by atomic mass is 32.2. The van der Waals surface area contributed by atoms with Gasteiger partial charge in [-0.25, -0.2) is 8.42 Å². The largest absolute Gasteiger partial charge is 0.480 e. The van der Waals surface area contributed by atoms with E-state index in [2.05, 4.69) is 0 Å². The number of halogens is 3. The molecule has 1 aromatic carbocycles. The second-order valence-electron chi connectivity index (χ2n) is 4.49. The smallest absolute Gasteiger partial charge is 0.471 e. The van der Waals surface area contributed by atoms with Crippen molar-refractivity contribution in [3.8, 4) is 0 Å². The van der Waals surface area contributed by atoms with Gasteiger partial charge in [0.15, 0.2) is 0 Å². The van der Waals surface area contributed by atoms with Crippen molar-refractivity contribution >= 4 is 33.3 Å². The van der Waals surface area contributed by atoms with Crippen molar-refractivity contribution in [1.29, 1.82) is 0 Å². The lowest BCUT2D eigenvalue weighted by molar-refractivity contribution is -0.384. The maximum absolute atomic E-state index is 12.4. The van der Waals surface area contributed by atoms with Gasteiger partial charge in [-0.1, -0.05) is 0 Å². The Hall–Kier alpha value is -2.74. The van der Waals surface area contributed by atoms with Crippen LogP contribution in [0.25, 0.3) is 0 Å². The molecule has 0 unspecified atom stereocenters. The van der Waals surface area contributed by atoms with Gasteiger partial charge in [0, 0.05) is 13.1 Å². The van der Waals surface area contributed by atoms with Crippen LogP contribution in [0.15, 0.2) is 23.1 Å². The number of benzene rings is 1. The van der Waals surface area contributed by atoms with E-state index in [-0.39, 0.29) is 4.90 Å². The van der Waals surface area contributed by atoms with Crippen LogP contribution in [-0.4, -0.2) is 50.1 Å². The number of carbonyl (C=O) groups is 2. The minimum Gasteiger partial charge on any atom is -0.480 e. The number of carbonyl (C=O) groups excluding carboxylic acids is 1. The molecule has 1 amide bonds. The Labute approximate surface area is 138 Å². The van der Waals surface area contributed by atoms with Gasteiger partial charge in [0.05, 0.1) is 9.82 Å². The lowest BCUT2D eigenvalue weighted by Gasteiger charge is -2.19. The van der Waals surface area contributed by atoms with E-state index in [0.29, 0.717) is 25.2 Å². The molecule has 0 aromatic heterocycles. The summed E-state index contributed by atoms with van der Waals surface area (Å²) in [4.78, 5) is 30.6. The third-order valence-electron chi connectivity index (χ3n) is 2.78. The van der Waals surface area contributed by atoms with Crippen LogP contribution in [0.2, 0.25) is 0 Å². The van der Waals surface area contributed by atoms with Gasteiger partial charge in [-0.2, -0.15) is 17.9 Å². The number of aliphatic carboxylic acids is 1. The summed E-state index contributed by atoms with van der Waals surface area (Å²) in [5.74, 6) is -3.92. The first-order valence-electron chi connectivity index (χ1n) is 6.12. The molecule has 0 saturated carbocycles. The number of hydrogen-bond donors (Lipinski definition) is 2. The summed E-state index contributed by atoms with van der Waals surface area (Å²) in [6, 6.07) is 1.75. The molecule has 0 spiro atoms. The van der Waals surface area contributed by atoms with Gasteiger partial charge in [-0.15, -0.1) is 0 Å². The Morgan fingerprint density at radius 2 is 1.92 bits per heavy atom. The molecule has 0 heterocycles. The highest BCUT2D eigenvalue weighted by Gasteiger charge is 2.43. The average molecular weight is 385 g/mol. The fourth-order valence-electron chi connectivity index (χ4n) is 1.64. The number of anilines is 1. The second kappa shape index (κ2) is 7.02. The van der Waals surface area contributed by atoms with Crippen molar-refractivity contribution in [3.63, 3.8) is 0 Å². The van der Waals surface area contributed by atoms with Crippen molar-refractivity contribution in [2.75, 3.05) is 18.5 Å². The summed E-state index contributed by atoms with van der Waals surface area (Å²) < 4.78 is 62.6. The number of alkyl halides is 3. The minimum absolute atomic E-state index is 0.0425. The van der Waals surface area contributed by atoms with Gasteiger partial charge in [0.2, 0.25) is 10.0 Å². The molecule has 10 nitrogen and oxygen atoms in total.